The quantitative estimate of drug-likeness (QED) is 0.735. The fraction of sp³-hybridized carbons (Fsp3) is 0.438. The number of hydrogen-bond donors (Lipinski definition) is 0. The van der Waals surface area contributed by atoms with Gasteiger partial charge in [0.2, 0.25) is 11.8 Å². The molecular weight excluding hydrogens is 252 g/mol. The fourth-order valence-electron chi connectivity index (χ4n) is 3.44. The summed E-state index contributed by atoms with van der Waals surface area (Å²) < 4.78 is 0. The Hall–Kier alpha value is -2.15. The lowest BCUT2D eigenvalue weighted by atomic mass is 10.00. The maximum absolute atomic E-state index is 12.5. The number of benzene rings is 1. The number of amides is 2. The first kappa shape index (κ1) is 12.9. The Morgan fingerprint density at radius 1 is 1.20 bits per heavy atom. The van der Waals surface area contributed by atoms with E-state index in [0.717, 1.165) is 18.4 Å². The first-order valence-corrected chi connectivity index (χ1v) is 6.91. The van der Waals surface area contributed by atoms with Crippen molar-refractivity contribution in [3.8, 4) is 6.07 Å². The van der Waals surface area contributed by atoms with Gasteiger partial charge in [-0.1, -0.05) is 13.0 Å². The Kier molecular flexibility index (Phi) is 2.86. The first-order chi connectivity index (χ1) is 9.52. The van der Waals surface area contributed by atoms with Crippen molar-refractivity contribution in [2.45, 2.75) is 26.7 Å². The largest absolute Gasteiger partial charge is 0.274 e. The summed E-state index contributed by atoms with van der Waals surface area (Å²) in [5.41, 5.74) is 1.89. The Morgan fingerprint density at radius 2 is 1.80 bits per heavy atom. The molecule has 3 rings (SSSR count). The van der Waals surface area contributed by atoms with Crippen LogP contribution in [0.4, 0.5) is 5.69 Å². The molecule has 20 heavy (non-hydrogen) atoms. The van der Waals surface area contributed by atoms with E-state index >= 15 is 0 Å². The molecule has 2 amide bonds. The Balaban J connectivity index is 2.02. The molecule has 1 aromatic rings. The zero-order valence-electron chi connectivity index (χ0n) is 11.6. The predicted octanol–water partition coefficient (Wildman–Crippen LogP) is 2.40. The van der Waals surface area contributed by atoms with Gasteiger partial charge in [0.1, 0.15) is 0 Å². The zero-order valence-corrected chi connectivity index (χ0v) is 11.6. The van der Waals surface area contributed by atoms with Gasteiger partial charge in [0.25, 0.3) is 0 Å². The van der Waals surface area contributed by atoms with E-state index in [9.17, 15) is 9.59 Å². The van der Waals surface area contributed by atoms with Crippen molar-refractivity contribution in [3.05, 3.63) is 29.3 Å². The molecule has 2 atom stereocenters. The lowest BCUT2D eigenvalue weighted by Crippen LogP contribution is -2.32. The Bertz CT molecular complexity index is 620. The number of imide groups is 1. The lowest BCUT2D eigenvalue weighted by Gasteiger charge is -2.19. The number of rotatable bonds is 1. The van der Waals surface area contributed by atoms with E-state index in [1.807, 2.05) is 6.92 Å². The van der Waals surface area contributed by atoms with Crippen LogP contribution in [0, 0.1) is 36.0 Å². The minimum absolute atomic E-state index is 0.0949. The van der Waals surface area contributed by atoms with Gasteiger partial charge in [0.05, 0.1) is 29.2 Å². The maximum Gasteiger partial charge on any atom is 0.237 e. The third-order valence-electron chi connectivity index (χ3n) is 4.45. The van der Waals surface area contributed by atoms with E-state index in [0.29, 0.717) is 17.2 Å². The van der Waals surface area contributed by atoms with Crippen LogP contribution in [-0.4, -0.2) is 11.8 Å². The summed E-state index contributed by atoms with van der Waals surface area (Å²) in [6, 6.07) is 7.17. The molecule has 1 aromatic carbocycles. The van der Waals surface area contributed by atoms with Crippen molar-refractivity contribution < 1.29 is 9.59 Å². The average molecular weight is 268 g/mol. The Morgan fingerprint density at radius 3 is 2.35 bits per heavy atom. The van der Waals surface area contributed by atoms with Gasteiger partial charge in [-0.2, -0.15) is 5.26 Å². The molecule has 1 aliphatic heterocycles. The van der Waals surface area contributed by atoms with E-state index in [1.165, 1.54) is 4.90 Å². The minimum atomic E-state index is -0.164. The number of anilines is 1. The summed E-state index contributed by atoms with van der Waals surface area (Å²) in [5, 5.41) is 8.99. The van der Waals surface area contributed by atoms with Crippen LogP contribution in [0.1, 0.15) is 30.9 Å². The van der Waals surface area contributed by atoms with Gasteiger partial charge >= 0.3 is 0 Å². The van der Waals surface area contributed by atoms with Gasteiger partial charge in [-0.25, -0.2) is 4.90 Å². The molecule has 4 nitrogen and oxygen atoms in total. The van der Waals surface area contributed by atoms with E-state index in [1.54, 1.807) is 18.2 Å². The molecular formula is C16H16N2O2. The normalized spacial score (nSPS) is 28.6. The molecule has 1 aliphatic carbocycles. The van der Waals surface area contributed by atoms with Crippen molar-refractivity contribution in [1.29, 1.82) is 5.26 Å². The van der Waals surface area contributed by atoms with E-state index in [2.05, 4.69) is 13.0 Å². The maximum atomic E-state index is 12.5. The smallest absolute Gasteiger partial charge is 0.237 e. The first-order valence-electron chi connectivity index (χ1n) is 6.91. The second kappa shape index (κ2) is 4.45. The van der Waals surface area contributed by atoms with Crippen LogP contribution in [0.3, 0.4) is 0 Å². The van der Waals surface area contributed by atoms with E-state index < -0.39 is 0 Å². The predicted molar refractivity (Wildman–Crippen MR) is 73.8 cm³/mol. The summed E-state index contributed by atoms with van der Waals surface area (Å²) in [6.45, 7) is 3.94. The molecule has 0 bridgehead atoms. The molecule has 2 unspecified atom stereocenters. The monoisotopic (exact) mass is 268 g/mol. The van der Waals surface area contributed by atoms with Gasteiger partial charge in [-0.05, 0) is 43.4 Å². The summed E-state index contributed by atoms with van der Waals surface area (Å²) in [6.07, 6.45) is 1.59. The third kappa shape index (κ3) is 1.74. The summed E-state index contributed by atoms with van der Waals surface area (Å²) in [5.74, 6) is -0.0815. The third-order valence-corrected chi connectivity index (χ3v) is 4.45. The average Bonchev–Trinajstić information content (AvgIpc) is 2.91. The minimum Gasteiger partial charge on any atom is -0.274 e. The summed E-state index contributed by atoms with van der Waals surface area (Å²) in [4.78, 5) is 26.3. The van der Waals surface area contributed by atoms with Gasteiger partial charge in [0.15, 0.2) is 0 Å². The highest BCUT2D eigenvalue weighted by molar-refractivity contribution is 6.22. The molecule has 2 fully saturated rings. The molecule has 1 saturated carbocycles. The highest BCUT2D eigenvalue weighted by Crippen LogP contribution is 2.44. The SMILES string of the molecule is Cc1ccc(C#N)cc1N1C(=O)C2CC(C)CC2C1=O. The van der Waals surface area contributed by atoms with Crippen LogP contribution < -0.4 is 4.90 Å². The molecule has 0 spiro atoms. The number of fused-ring (bicyclic) bond motifs is 1. The number of hydrogen-bond acceptors (Lipinski definition) is 3. The van der Waals surface area contributed by atoms with Crippen molar-refractivity contribution in [2.75, 3.05) is 4.90 Å². The zero-order chi connectivity index (χ0) is 14.4. The second-order valence-corrected chi connectivity index (χ2v) is 5.91. The molecule has 4 heteroatoms. The molecule has 0 aromatic heterocycles. The fourth-order valence-corrected chi connectivity index (χ4v) is 3.44. The van der Waals surface area contributed by atoms with Crippen LogP contribution >= 0.6 is 0 Å². The van der Waals surface area contributed by atoms with E-state index in [-0.39, 0.29) is 23.7 Å². The molecule has 1 heterocycles. The number of carbonyl (C=O) groups excluding carboxylic acids is 2. The van der Waals surface area contributed by atoms with Crippen molar-refractivity contribution in [2.24, 2.45) is 17.8 Å². The van der Waals surface area contributed by atoms with Crippen molar-refractivity contribution in [3.63, 3.8) is 0 Å². The van der Waals surface area contributed by atoms with Crippen LogP contribution in [0.15, 0.2) is 18.2 Å². The van der Waals surface area contributed by atoms with Crippen LogP contribution in [0.5, 0.6) is 0 Å². The topological polar surface area (TPSA) is 61.2 Å². The molecule has 102 valence electrons. The summed E-state index contributed by atoms with van der Waals surface area (Å²) in [7, 11) is 0. The number of nitrogens with zero attached hydrogens (tertiary/aromatic N) is 2. The van der Waals surface area contributed by atoms with Crippen LogP contribution in [-0.2, 0) is 9.59 Å². The summed E-state index contributed by atoms with van der Waals surface area (Å²) >= 11 is 0. The van der Waals surface area contributed by atoms with Crippen LogP contribution in [0.25, 0.3) is 0 Å². The number of aryl methyl sites for hydroxylation is 1. The number of nitriles is 1. The standard InChI is InChI=1S/C16H16N2O2/c1-9-5-12-13(6-9)16(20)18(15(12)19)14-7-11(8-17)4-3-10(14)2/h3-4,7,9,12-13H,5-6H2,1-2H3. The molecule has 0 N–H and O–H groups in total. The van der Waals surface area contributed by atoms with Crippen molar-refractivity contribution >= 4 is 17.5 Å². The molecule has 1 saturated heterocycles. The second-order valence-electron chi connectivity index (χ2n) is 5.91. The highest BCUT2D eigenvalue weighted by Gasteiger charge is 2.52. The van der Waals surface area contributed by atoms with Gasteiger partial charge < -0.3 is 0 Å². The van der Waals surface area contributed by atoms with Gasteiger partial charge in [-0.15, -0.1) is 0 Å². The Labute approximate surface area is 118 Å². The van der Waals surface area contributed by atoms with Crippen LogP contribution in [0.2, 0.25) is 0 Å². The van der Waals surface area contributed by atoms with Gasteiger partial charge in [0, 0.05) is 0 Å². The number of carbonyl (C=O) groups is 2. The van der Waals surface area contributed by atoms with Gasteiger partial charge in [-0.3, -0.25) is 9.59 Å². The van der Waals surface area contributed by atoms with E-state index in [4.69, 9.17) is 5.26 Å². The highest BCUT2D eigenvalue weighted by atomic mass is 16.2. The lowest BCUT2D eigenvalue weighted by molar-refractivity contribution is -0.123. The molecule has 2 aliphatic rings. The van der Waals surface area contributed by atoms with Crippen molar-refractivity contribution in [1.82, 2.24) is 0 Å². The molecule has 0 radical (unpaired) electrons.